The Morgan fingerprint density at radius 2 is 1.72 bits per heavy atom. The van der Waals surface area contributed by atoms with E-state index in [1.165, 1.54) is 11.5 Å². The van der Waals surface area contributed by atoms with Crippen molar-refractivity contribution in [2.24, 2.45) is 10.9 Å². The molecule has 0 unspecified atom stereocenters. The van der Waals surface area contributed by atoms with Gasteiger partial charge in [-0.25, -0.2) is 13.6 Å². The molecular formula is C20H24Cl2N4O2S. The minimum absolute atomic E-state index is 0. The fourth-order valence-electron chi connectivity index (χ4n) is 2.95. The molecule has 0 fully saturated rings. The second kappa shape index (κ2) is 11.1. The Kier molecular flexibility index (Phi) is 9.55. The van der Waals surface area contributed by atoms with Crippen molar-refractivity contribution in [1.82, 2.24) is 9.88 Å². The predicted molar refractivity (Wildman–Crippen MR) is 123 cm³/mol. The summed E-state index contributed by atoms with van der Waals surface area (Å²) in [6.07, 6.45) is 5.43. The molecule has 1 aromatic heterocycles. The topological polar surface area (TPSA) is 102 Å². The monoisotopic (exact) mass is 454 g/mol. The third-order valence-corrected chi connectivity index (χ3v) is 5.19. The van der Waals surface area contributed by atoms with Crippen molar-refractivity contribution < 1.29 is 8.42 Å². The Labute approximate surface area is 183 Å². The molecule has 1 aliphatic rings. The predicted octanol–water partition coefficient (Wildman–Crippen LogP) is 3.16. The highest BCUT2D eigenvalue weighted by molar-refractivity contribution is 7.89. The SMILES string of the molecule is Cl.Cl.NCCN1C=Cc2c(cccc2S(N)(=O)=O)C1.c1ccc2ncccc2c1. The van der Waals surface area contributed by atoms with E-state index in [2.05, 4.69) is 17.1 Å². The van der Waals surface area contributed by atoms with Gasteiger partial charge in [0.25, 0.3) is 0 Å². The van der Waals surface area contributed by atoms with Crippen LogP contribution in [0, 0.1) is 0 Å². The lowest BCUT2D eigenvalue weighted by Gasteiger charge is -2.25. The van der Waals surface area contributed by atoms with Crippen LogP contribution in [-0.4, -0.2) is 31.4 Å². The van der Waals surface area contributed by atoms with Crippen LogP contribution in [0.1, 0.15) is 11.1 Å². The van der Waals surface area contributed by atoms with Gasteiger partial charge in [-0.2, -0.15) is 0 Å². The molecule has 0 saturated carbocycles. The maximum atomic E-state index is 11.4. The Morgan fingerprint density at radius 3 is 2.41 bits per heavy atom. The number of hydrogen-bond acceptors (Lipinski definition) is 5. The van der Waals surface area contributed by atoms with Crippen LogP contribution in [0.5, 0.6) is 0 Å². The maximum Gasteiger partial charge on any atom is 0.238 e. The van der Waals surface area contributed by atoms with Gasteiger partial charge in [0.2, 0.25) is 10.0 Å². The molecule has 6 nitrogen and oxygen atoms in total. The molecule has 2 heterocycles. The summed E-state index contributed by atoms with van der Waals surface area (Å²) < 4.78 is 22.8. The number of nitrogens with two attached hydrogens (primary N) is 2. The molecule has 0 bridgehead atoms. The first-order chi connectivity index (χ1) is 13.0. The fourth-order valence-corrected chi connectivity index (χ4v) is 3.73. The van der Waals surface area contributed by atoms with Gasteiger partial charge >= 0.3 is 0 Å². The van der Waals surface area contributed by atoms with Crippen LogP contribution in [0.4, 0.5) is 0 Å². The number of nitrogens with zero attached hydrogens (tertiary/aromatic N) is 2. The van der Waals surface area contributed by atoms with Crippen LogP contribution >= 0.6 is 24.8 Å². The van der Waals surface area contributed by atoms with E-state index in [4.69, 9.17) is 10.9 Å². The third-order valence-electron chi connectivity index (χ3n) is 4.22. The number of para-hydroxylation sites is 1. The summed E-state index contributed by atoms with van der Waals surface area (Å²) in [6.45, 7) is 1.97. The van der Waals surface area contributed by atoms with Gasteiger partial charge < -0.3 is 10.6 Å². The highest BCUT2D eigenvalue weighted by Gasteiger charge is 2.18. The lowest BCUT2D eigenvalue weighted by atomic mass is 10.0. The van der Waals surface area contributed by atoms with Gasteiger partial charge in [0, 0.05) is 43.0 Å². The molecule has 4 rings (SSSR count). The van der Waals surface area contributed by atoms with Crippen molar-refractivity contribution in [3.63, 3.8) is 0 Å². The van der Waals surface area contributed by atoms with Crippen LogP contribution in [0.25, 0.3) is 17.0 Å². The summed E-state index contributed by atoms with van der Waals surface area (Å²) >= 11 is 0. The molecule has 0 saturated heterocycles. The molecule has 0 atom stereocenters. The van der Waals surface area contributed by atoms with Gasteiger partial charge in [0.1, 0.15) is 0 Å². The average Bonchev–Trinajstić information content (AvgIpc) is 2.67. The second-order valence-corrected chi connectivity index (χ2v) is 7.67. The molecule has 3 aromatic rings. The summed E-state index contributed by atoms with van der Waals surface area (Å²) in [4.78, 5) is 6.40. The highest BCUT2D eigenvalue weighted by atomic mass is 35.5. The van der Waals surface area contributed by atoms with Crippen molar-refractivity contribution in [3.8, 4) is 0 Å². The third kappa shape index (κ3) is 6.42. The van der Waals surface area contributed by atoms with E-state index >= 15 is 0 Å². The molecular weight excluding hydrogens is 431 g/mol. The van der Waals surface area contributed by atoms with Gasteiger partial charge in [-0.1, -0.05) is 36.4 Å². The van der Waals surface area contributed by atoms with Crippen LogP contribution < -0.4 is 10.9 Å². The molecule has 0 radical (unpaired) electrons. The van der Waals surface area contributed by atoms with E-state index in [0.717, 1.165) is 17.6 Å². The van der Waals surface area contributed by atoms with Crippen molar-refractivity contribution >= 4 is 51.8 Å². The zero-order valence-electron chi connectivity index (χ0n) is 15.6. The Bertz CT molecular complexity index is 1010. The first-order valence-corrected chi connectivity index (χ1v) is 10.1. The number of halogens is 2. The lowest BCUT2D eigenvalue weighted by Crippen LogP contribution is -2.27. The number of fused-ring (bicyclic) bond motifs is 2. The molecule has 156 valence electrons. The number of aromatic nitrogens is 1. The molecule has 2 aromatic carbocycles. The number of primary sulfonamides is 1. The summed E-state index contributed by atoms with van der Waals surface area (Å²) in [5.74, 6) is 0. The standard InChI is InChI=1S/C11H15N3O2S.C9H7N.2ClH/c12-5-7-14-6-4-10-9(8-14)2-1-3-11(10)17(13,15)16;1-2-6-9-8(4-1)5-3-7-10-9;;/h1-4,6H,5,7-8,12H2,(H2,13,15,16);1-7H;2*1H. The summed E-state index contributed by atoms with van der Waals surface area (Å²) in [6, 6.07) is 17.2. The van der Waals surface area contributed by atoms with Crippen molar-refractivity contribution in [2.45, 2.75) is 11.4 Å². The summed E-state index contributed by atoms with van der Waals surface area (Å²) in [5.41, 5.74) is 8.18. The molecule has 0 aliphatic carbocycles. The van der Waals surface area contributed by atoms with E-state index in [0.29, 0.717) is 18.7 Å². The minimum Gasteiger partial charge on any atom is -0.372 e. The van der Waals surface area contributed by atoms with Gasteiger partial charge in [-0.05, 0) is 29.8 Å². The van der Waals surface area contributed by atoms with E-state index in [1.54, 1.807) is 12.1 Å². The van der Waals surface area contributed by atoms with Crippen molar-refractivity contribution in [1.29, 1.82) is 0 Å². The molecule has 29 heavy (non-hydrogen) atoms. The highest BCUT2D eigenvalue weighted by Crippen LogP contribution is 2.25. The number of sulfonamides is 1. The zero-order chi connectivity index (χ0) is 19.3. The van der Waals surface area contributed by atoms with Crippen molar-refractivity contribution in [2.75, 3.05) is 13.1 Å². The maximum absolute atomic E-state index is 11.4. The number of benzene rings is 2. The second-order valence-electron chi connectivity index (χ2n) is 6.14. The average molecular weight is 455 g/mol. The van der Waals surface area contributed by atoms with E-state index in [-0.39, 0.29) is 29.7 Å². The van der Waals surface area contributed by atoms with Gasteiger partial charge in [-0.3, -0.25) is 4.98 Å². The van der Waals surface area contributed by atoms with Gasteiger partial charge in [0.05, 0.1) is 10.4 Å². The number of hydrogen-bond donors (Lipinski definition) is 2. The first-order valence-electron chi connectivity index (χ1n) is 8.56. The van der Waals surface area contributed by atoms with Crippen molar-refractivity contribution in [3.05, 3.63) is 78.1 Å². The molecule has 9 heteroatoms. The Hall–Kier alpha value is -2.16. The van der Waals surface area contributed by atoms with E-state index < -0.39 is 10.0 Å². The minimum atomic E-state index is -3.67. The van der Waals surface area contributed by atoms with Crippen LogP contribution in [0.3, 0.4) is 0 Å². The summed E-state index contributed by atoms with van der Waals surface area (Å²) in [7, 11) is -3.67. The smallest absolute Gasteiger partial charge is 0.238 e. The van der Waals surface area contributed by atoms with E-state index in [1.807, 2.05) is 47.6 Å². The van der Waals surface area contributed by atoms with Gasteiger partial charge in [-0.15, -0.1) is 24.8 Å². The number of pyridine rings is 1. The largest absolute Gasteiger partial charge is 0.372 e. The van der Waals surface area contributed by atoms with Gasteiger partial charge in [0.15, 0.2) is 0 Å². The molecule has 0 spiro atoms. The quantitative estimate of drug-likeness (QED) is 0.632. The first kappa shape index (κ1) is 24.9. The fraction of sp³-hybridized carbons (Fsp3) is 0.150. The normalized spacial score (nSPS) is 12.1. The molecule has 0 amide bonds. The van der Waals surface area contributed by atoms with E-state index in [9.17, 15) is 8.42 Å². The molecule has 4 N–H and O–H groups in total. The van der Waals surface area contributed by atoms with Crippen LogP contribution in [-0.2, 0) is 16.6 Å². The summed E-state index contributed by atoms with van der Waals surface area (Å²) in [5, 5.41) is 6.38. The Morgan fingerprint density at radius 1 is 1.00 bits per heavy atom. The lowest BCUT2D eigenvalue weighted by molar-refractivity contribution is 0.376. The molecule has 1 aliphatic heterocycles. The zero-order valence-corrected chi connectivity index (χ0v) is 18.1. The Balaban J connectivity index is 0.000000301. The number of rotatable bonds is 3. The van der Waals surface area contributed by atoms with Crippen LogP contribution in [0.15, 0.2) is 71.9 Å². The van der Waals surface area contributed by atoms with Crippen LogP contribution in [0.2, 0.25) is 0 Å².